The van der Waals surface area contributed by atoms with Crippen molar-refractivity contribution >= 4 is 29.1 Å². The maximum atomic E-state index is 13.2. The first-order chi connectivity index (χ1) is 14.2. The number of hydrogen-bond acceptors (Lipinski definition) is 6. The maximum Gasteiger partial charge on any atom is 0.250 e. The molecule has 3 rings (SSSR count). The Labute approximate surface area is 171 Å². The minimum absolute atomic E-state index is 0.0222. The molecule has 0 bridgehead atoms. The van der Waals surface area contributed by atoms with Crippen LogP contribution < -0.4 is 16.5 Å². The van der Waals surface area contributed by atoms with E-state index in [2.05, 4.69) is 45.9 Å². The van der Waals surface area contributed by atoms with Crippen LogP contribution in [-0.4, -0.2) is 42.9 Å². The Morgan fingerprint density at radius 3 is 2.72 bits per heavy atom. The van der Waals surface area contributed by atoms with Crippen molar-refractivity contribution < 1.29 is 4.79 Å². The Hall–Kier alpha value is -3.00. The average Bonchev–Trinajstić information content (AvgIpc) is 2.92. The predicted molar refractivity (Wildman–Crippen MR) is 116 cm³/mol. The highest BCUT2D eigenvalue weighted by Gasteiger charge is 2.22. The van der Waals surface area contributed by atoms with E-state index < -0.39 is 0 Å². The Morgan fingerprint density at radius 2 is 2.07 bits per heavy atom. The van der Waals surface area contributed by atoms with E-state index in [9.17, 15) is 4.79 Å². The molecule has 8 heteroatoms. The molecule has 0 aromatic heterocycles. The molecule has 0 saturated carbocycles. The average molecular weight is 396 g/mol. The van der Waals surface area contributed by atoms with Crippen LogP contribution in [0.4, 0.5) is 5.69 Å². The molecule has 0 fully saturated rings. The van der Waals surface area contributed by atoms with Crippen molar-refractivity contribution in [2.75, 3.05) is 26.3 Å². The first-order valence-corrected chi connectivity index (χ1v) is 10.1. The van der Waals surface area contributed by atoms with E-state index in [1.165, 1.54) is 0 Å². The summed E-state index contributed by atoms with van der Waals surface area (Å²) in [7, 11) is 0. The van der Waals surface area contributed by atoms with Gasteiger partial charge >= 0.3 is 0 Å². The Morgan fingerprint density at radius 1 is 1.28 bits per heavy atom. The molecule has 4 N–H and O–H groups in total. The van der Waals surface area contributed by atoms with E-state index in [4.69, 9.17) is 5.84 Å². The topological polar surface area (TPSA) is 107 Å². The zero-order valence-corrected chi connectivity index (χ0v) is 17.1. The number of benzene rings is 1. The molecule has 1 amide bonds. The normalized spacial score (nSPS) is 16.3. The first kappa shape index (κ1) is 20.7. The molecule has 1 aromatic carbocycles. The van der Waals surface area contributed by atoms with Crippen LogP contribution in [0.2, 0.25) is 0 Å². The lowest BCUT2D eigenvalue weighted by Crippen LogP contribution is -2.34. The highest BCUT2D eigenvalue weighted by Crippen LogP contribution is 2.31. The summed E-state index contributed by atoms with van der Waals surface area (Å²) >= 11 is 0. The maximum absolute atomic E-state index is 13.2. The molecular formula is C21H29N7O. The van der Waals surface area contributed by atoms with Gasteiger partial charge in [0.25, 0.3) is 0 Å². The van der Waals surface area contributed by atoms with Gasteiger partial charge in [0.05, 0.1) is 12.4 Å². The minimum Gasteiger partial charge on any atom is -0.378 e. The summed E-state index contributed by atoms with van der Waals surface area (Å²) in [4.78, 5) is 19.7. The van der Waals surface area contributed by atoms with Gasteiger partial charge in [-0.25, -0.2) is 4.99 Å². The molecule has 2 aliphatic rings. The zero-order chi connectivity index (χ0) is 20.6. The summed E-state index contributed by atoms with van der Waals surface area (Å²) in [5, 5.41) is 13.9. The van der Waals surface area contributed by atoms with Crippen molar-refractivity contribution in [1.82, 2.24) is 15.5 Å². The number of carbonyl (C=O) groups excluding carboxylic acids is 1. The fourth-order valence-corrected chi connectivity index (χ4v) is 3.55. The molecule has 8 nitrogen and oxygen atoms in total. The summed E-state index contributed by atoms with van der Waals surface area (Å²) in [6, 6.07) is 6.07. The monoisotopic (exact) mass is 395 g/mol. The van der Waals surface area contributed by atoms with E-state index in [1.54, 1.807) is 0 Å². The van der Waals surface area contributed by atoms with Crippen LogP contribution in [0.5, 0.6) is 0 Å². The molecule has 154 valence electrons. The van der Waals surface area contributed by atoms with Gasteiger partial charge < -0.3 is 16.1 Å². The van der Waals surface area contributed by atoms with Gasteiger partial charge in [0.2, 0.25) is 5.91 Å². The lowest BCUT2D eigenvalue weighted by Gasteiger charge is -2.22. The highest BCUT2D eigenvalue weighted by atomic mass is 16.2. The summed E-state index contributed by atoms with van der Waals surface area (Å²) in [5.74, 6) is 5.75. The molecule has 29 heavy (non-hydrogen) atoms. The lowest BCUT2D eigenvalue weighted by molar-refractivity contribution is -0.127. The Balaban J connectivity index is 1.99. The van der Waals surface area contributed by atoms with Crippen molar-refractivity contribution in [3.8, 4) is 0 Å². The molecule has 0 spiro atoms. The largest absolute Gasteiger partial charge is 0.378 e. The lowest BCUT2D eigenvalue weighted by atomic mass is 10.0. The van der Waals surface area contributed by atoms with Crippen LogP contribution in [-0.2, 0) is 4.79 Å². The van der Waals surface area contributed by atoms with E-state index in [0.717, 1.165) is 61.5 Å². The molecule has 0 saturated heterocycles. The van der Waals surface area contributed by atoms with Gasteiger partial charge in [-0.15, -0.1) is 5.11 Å². The molecule has 1 aromatic rings. The van der Waals surface area contributed by atoms with Gasteiger partial charge in [-0.1, -0.05) is 31.2 Å². The van der Waals surface area contributed by atoms with Crippen LogP contribution in [0, 0.1) is 0 Å². The van der Waals surface area contributed by atoms with E-state index in [-0.39, 0.29) is 5.91 Å². The third-order valence-electron chi connectivity index (χ3n) is 4.87. The molecular weight excluding hydrogens is 366 g/mol. The number of rotatable bonds is 6. The number of carbonyl (C=O) groups is 1. The van der Waals surface area contributed by atoms with Crippen molar-refractivity contribution in [1.29, 1.82) is 0 Å². The summed E-state index contributed by atoms with van der Waals surface area (Å²) < 4.78 is 0. The zero-order valence-electron chi connectivity index (χ0n) is 17.1. The Bertz CT molecular complexity index is 864. The van der Waals surface area contributed by atoms with Crippen molar-refractivity contribution in [2.45, 2.75) is 33.1 Å². The fraction of sp³-hybridized carbons (Fsp3) is 0.429. The van der Waals surface area contributed by atoms with E-state index >= 15 is 0 Å². The van der Waals surface area contributed by atoms with E-state index in [0.29, 0.717) is 17.8 Å². The number of amidine groups is 1. The number of nitrogens with one attached hydrogen (secondary N) is 2. The van der Waals surface area contributed by atoms with Gasteiger partial charge in [0.1, 0.15) is 0 Å². The van der Waals surface area contributed by atoms with Crippen LogP contribution in [0.15, 0.2) is 45.3 Å². The van der Waals surface area contributed by atoms with Gasteiger partial charge in [0, 0.05) is 43.4 Å². The third kappa shape index (κ3) is 5.08. The minimum atomic E-state index is 0.0222. The van der Waals surface area contributed by atoms with Gasteiger partial charge in [-0.3, -0.25) is 10.1 Å². The highest BCUT2D eigenvalue weighted by molar-refractivity contribution is 6.06. The van der Waals surface area contributed by atoms with Crippen molar-refractivity contribution in [3.05, 3.63) is 41.1 Å². The van der Waals surface area contributed by atoms with Crippen LogP contribution >= 0.6 is 0 Å². The number of aliphatic imine (C=N–C) groups is 1. The quantitative estimate of drug-likeness (QED) is 0.391. The number of nitrogens with two attached hydrogens (primary N) is 1. The van der Waals surface area contributed by atoms with Crippen molar-refractivity contribution in [2.24, 2.45) is 21.2 Å². The van der Waals surface area contributed by atoms with Gasteiger partial charge in [-0.05, 0) is 36.1 Å². The summed E-state index contributed by atoms with van der Waals surface area (Å²) in [5.41, 5.74) is 4.53. The SMILES string of the molecule is CCCN(CCC)C(=O)C1=Cc2ccc(C3=CNCNC3)cc2N=C(N=NN)C1. The molecule has 0 atom stereocenters. The van der Waals surface area contributed by atoms with Crippen LogP contribution in [0.1, 0.15) is 44.2 Å². The molecule has 2 heterocycles. The molecule has 0 unspecified atom stereocenters. The van der Waals surface area contributed by atoms with Crippen LogP contribution in [0.25, 0.3) is 11.6 Å². The summed E-state index contributed by atoms with van der Waals surface area (Å²) in [6.45, 7) is 7.16. The number of hydrogen-bond donors (Lipinski definition) is 3. The second-order valence-electron chi connectivity index (χ2n) is 7.13. The second-order valence-corrected chi connectivity index (χ2v) is 7.13. The van der Waals surface area contributed by atoms with Gasteiger partial charge in [0.15, 0.2) is 5.84 Å². The summed E-state index contributed by atoms with van der Waals surface area (Å²) in [6.07, 6.45) is 6.07. The standard InChI is InChI=1S/C21H29N7O/c1-3-7-28(8-4-2)21(29)17-9-16-6-5-15(18-12-23-14-24-13-18)10-19(16)25-20(11-17)26-27-22/h5-6,9-10,12,23-24H,3-4,7-8,11,13-14H2,1-2H3,(H2,22,25,26). The fourth-order valence-electron chi connectivity index (χ4n) is 3.55. The van der Waals surface area contributed by atoms with Crippen molar-refractivity contribution in [3.63, 3.8) is 0 Å². The predicted octanol–water partition coefficient (Wildman–Crippen LogP) is 2.97. The molecule has 2 aliphatic heterocycles. The number of fused-ring (bicyclic) bond motifs is 1. The smallest absolute Gasteiger partial charge is 0.250 e. The first-order valence-electron chi connectivity index (χ1n) is 10.1. The molecule has 0 aliphatic carbocycles. The number of amides is 1. The second kappa shape index (κ2) is 9.97. The van der Waals surface area contributed by atoms with E-state index in [1.807, 2.05) is 29.3 Å². The Kier molecular flexibility index (Phi) is 7.13. The third-order valence-corrected chi connectivity index (χ3v) is 4.87. The molecule has 0 radical (unpaired) electrons. The number of nitrogens with zero attached hydrogens (tertiary/aromatic N) is 4. The van der Waals surface area contributed by atoms with Gasteiger partial charge in [-0.2, -0.15) is 0 Å². The van der Waals surface area contributed by atoms with Crippen LogP contribution in [0.3, 0.4) is 0 Å².